The van der Waals surface area contributed by atoms with Gasteiger partial charge < -0.3 is 10.6 Å². The molecule has 0 radical (unpaired) electrons. The highest BCUT2D eigenvalue weighted by molar-refractivity contribution is 5.81. The van der Waals surface area contributed by atoms with E-state index in [1.165, 1.54) is 5.56 Å². The fraction of sp³-hybridized carbons (Fsp3) is 0.600. The van der Waals surface area contributed by atoms with Gasteiger partial charge in [0.2, 0.25) is 5.91 Å². The zero-order valence-electron chi connectivity index (χ0n) is 12.2. The van der Waals surface area contributed by atoms with Gasteiger partial charge in [-0.15, -0.1) is 0 Å². The molecule has 0 bridgehead atoms. The maximum atomic E-state index is 12.2. The van der Waals surface area contributed by atoms with E-state index in [1.807, 2.05) is 24.0 Å². The third-order valence-corrected chi connectivity index (χ3v) is 3.16. The van der Waals surface area contributed by atoms with Crippen molar-refractivity contribution in [2.24, 2.45) is 11.7 Å². The summed E-state index contributed by atoms with van der Waals surface area (Å²) in [7, 11) is 0. The lowest BCUT2D eigenvalue weighted by molar-refractivity contribution is -0.132. The van der Waals surface area contributed by atoms with E-state index >= 15 is 0 Å². The Kier molecular flexibility index (Phi) is 6.50. The maximum Gasteiger partial charge on any atom is 0.239 e. The predicted octanol–water partition coefficient (Wildman–Crippen LogP) is 1.85. The van der Waals surface area contributed by atoms with Crippen molar-refractivity contribution >= 4 is 5.91 Å². The van der Waals surface area contributed by atoms with Crippen LogP contribution in [0.4, 0.5) is 0 Å². The summed E-state index contributed by atoms with van der Waals surface area (Å²) in [6, 6.07) is 3.58. The molecule has 1 heterocycles. The molecule has 0 aromatic carbocycles. The van der Waals surface area contributed by atoms with Gasteiger partial charge >= 0.3 is 0 Å². The molecule has 19 heavy (non-hydrogen) atoms. The van der Waals surface area contributed by atoms with Gasteiger partial charge in [-0.25, -0.2) is 0 Å². The van der Waals surface area contributed by atoms with Crippen molar-refractivity contribution in [3.63, 3.8) is 0 Å². The summed E-state index contributed by atoms with van der Waals surface area (Å²) in [6.07, 6.45) is 5.14. The summed E-state index contributed by atoms with van der Waals surface area (Å²) in [5.41, 5.74) is 7.16. The Morgan fingerprint density at radius 3 is 2.53 bits per heavy atom. The Bertz CT molecular complexity index is 378. The van der Waals surface area contributed by atoms with Crippen molar-refractivity contribution in [1.29, 1.82) is 0 Å². The van der Waals surface area contributed by atoms with Crippen molar-refractivity contribution in [3.8, 4) is 0 Å². The summed E-state index contributed by atoms with van der Waals surface area (Å²) >= 11 is 0. The van der Waals surface area contributed by atoms with Gasteiger partial charge in [0.05, 0.1) is 6.04 Å². The first kappa shape index (κ1) is 15.6. The molecule has 1 amide bonds. The van der Waals surface area contributed by atoms with Crippen molar-refractivity contribution in [2.45, 2.75) is 39.7 Å². The zero-order chi connectivity index (χ0) is 14.3. The smallest absolute Gasteiger partial charge is 0.239 e. The quantitative estimate of drug-likeness (QED) is 0.816. The number of hydrogen-bond acceptors (Lipinski definition) is 3. The number of likely N-dealkylation sites (N-methyl/N-ethyl adjacent to an activating group) is 1. The third-order valence-electron chi connectivity index (χ3n) is 3.16. The highest BCUT2D eigenvalue weighted by atomic mass is 16.2. The number of nitrogens with two attached hydrogens (primary N) is 1. The average Bonchev–Trinajstić information content (AvgIpc) is 2.39. The molecule has 0 aliphatic rings. The molecule has 0 fully saturated rings. The molecule has 1 aromatic heterocycles. The Balaban J connectivity index is 2.51. The summed E-state index contributed by atoms with van der Waals surface area (Å²) in [6.45, 7) is 7.58. The van der Waals surface area contributed by atoms with Crippen LogP contribution in [0.25, 0.3) is 0 Å². The van der Waals surface area contributed by atoms with E-state index in [1.54, 1.807) is 12.4 Å². The molecule has 1 atom stereocenters. The molecule has 2 N–H and O–H groups in total. The van der Waals surface area contributed by atoms with Gasteiger partial charge in [0.15, 0.2) is 0 Å². The van der Waals surface area contributed by atoms with Gasteiger partial charge in [0.25, 0.3) is 0 Å². The number of carbonyl (C=O) groups is 1. The fourth-order valence-corrected chi connectivity index (χ4v) is 2.08. The first-order valence-corrected chi connectivity index (χ1v) is 6.97. The van der Waals surface area contributed by atoms with Gasteiger partial charge in [-0.05, 0) is 43.4 Å². The van der Waals surface area contributed by atoms with Crippen LogP contribution < -0.4 is 5.73 Å². The van der Waals surface area contributed by atoms with Crippen molar-refractivity contribution in [1.82, 2.24) is 9.88 Å². The molecule has 0 unspecified atom stereocenters. The highest BCUT2D eigenvalue weighted by Gasteiger charge is 2.20. The first-order valence-electron chi connectivity index (χ1n) is 6.97. The van der Waals surface area contributed by atoms with Crippen LogP contribution in [0.2, 0.25) is 0 Å². The van der Waals surface area contributed by atoms with Crippen LogP contribution in [0.5, 0.6) is 0 Å². The molecule has 0 saturated heterocycles. The van der Waals surface area contributed by atoms with E-state index < -0.39 is 0 Å². The van der Waals surface area contributed by atoms with E-state index in [0.29, 0.717) is 19.0 Å². The number of rotatable bonds is 7. The summed E-state index contributed by atoms with van der Waals surface area (Å²) in [4.78, 5) is 18.0. The fourth-order valence-electron chi connectivity index (χ4n) is 2.08. The number of nitrogens with zero attached hydrogens (tertiary/aromatic N) is 2. The summed E-state index contributed by atoms with van der Waals surface area (Å²) in [5.74, 6) is 0.503. The standard InChI is InChI=1S/C15H25N3O/c1-4-18(15(19)14(16)11-12(2)3)10-7-13-5-8-17-9-6-13/h5-6,8-9,12,14H,4,7,10-11,16H2,1-3H3/t14-/m0/s1. The molecule has 0 aliphatic carbocycles. The topological polar surface area (TPSA) is 59.2 Å². The molecular weight excluding hydrogens is 238 g/mol. The van der Waals surface area contributed by atoms with Crippen molar-refractivity contribution in [3.05, 3.63) is 30.1 Å². The van der Waals surface area contributed by atoms with E-state index in [0.717, 1.165) is 12.8 Å². The molecule has 4 heteroatoms. The minimum atomic E-state index is -0.377. The van der Waals surface area contributed by atoms with E-state index in [2.05, 4.69) is 18.8 Å². The lowest BCUT2D eigenvalue weighted by atomic mass is 10.0. The molecule has 4 nitrogen and oxygen atoms in total. The maximum absolute atomic E-state index is 12.2. The third kappa shape index (κ3) is 5.39. The largest absolute Gasteiger partial charge is 0.341 e. The second kappa shape index (κ2) is 7.89. The predicted molar refractivity (Wildman–Crippen MR) is 77.6 cm³/mol. The zero-order valence-corrected chi connectivity index (χ0v) is 12.2. The molecule has 0 aliphatic heterocycles. The van der Waals surface area contributed by atoms with E-state index in [9.17, 15) is 4.79 Å². The average molecular weight is 263 g/mol. The Morgan fingerprint density at radius 1 is 1.37 bits per heavy atom. The lowest BCUT2D eigenvalue weighted by Gasteiger charge is -2.25. The number of pyridine rings is 1. The first-order chi connectivity index (χ1) is 9.04. The lowest BCUT2D eigenvalue weighted by Crippen LogP contribution is -2.45. The normalized spacial score (nSPS) is 12.5. The van der Waals surface area contributed by atoms with Crippen molar-refractivity contribution < 1.29 is 4.79 Å². The van der Waals surface area contributed by atoms with E-state index in [4.69, 9.17) is 5.73 Å². The number of carbonyl (C=O) groups excluding carboxylic acids is 1. The van der Waals surface area contributed by atoms with Gasteiger partial charge in [0.1, 0.15) is 0 Å². The summed E-state index contributed by atoms with van der Waals surface area (Å²) < 4.78 is 0. The second-order valence-corrected chi connectivity index (χ2v) is 5.26. The minimum absolute atomic E-state index is 0.0604. The van der Waals surface area contributed by atoms with Gasteiger partial charge in [-0.1, -0.05) is 13.8 Å². The van der Waals surface area contributed by atoms with Crippen molar-refractivity contribution in [2.75, 3.05) is 13.1 Å². The molecule has 0 saturated carbocycles. The van der Waals surface area contributed by atoms with Crippen LogP contribution in [-0.4, -0.2) is 34.9 Å². The molecular formula is C15H25N3O. The Hall–Kier alpha value is -1.42. The Labute approximate surface area is 116 Å². The highest BCUT2D eigenvalue weighted by Crippen LogP contribution is 2.07. The molecule has 106 valence electrons. The van der Waals surface area contributed by atoms with Crippen LogP contribution >= 0.6 is 0 Å². The summed E-state index contributed by atoms with van der Waals surface area (Å²) in [5, 5.41) is 0. The Morgan fingerprint density at radius 2 is 2.00 bits per heavy atom. The van der Waals surface area contributed by atoms with Crippen LogP contribution in [0.15, 0.2) is 24.5 Å². The molecule has 1 aromatic rings. The van der Waals surface area contributed by atoms with Crippen LogP contribution in [0.3, 0.4) is 0 Å². The van der Waals surface area contributed by atoms with Crippen LogP contribution in [0.1, 0.15) is 32.8 Å². The number of aromatic nitrogens is 1. The number of hydrogen-bond donors (Lipinski definition) is 1. The molecule has 0 spiro atoms. The van der Waals surface area contributed by atoms with Gasteiger partial charge in [-0.2, -0.15) is 0 Å². The second-order valence-electron chi connectivity index (χ2n) is 5.26. The monoisotopic (exact) mass is 263 g/mol. The van der Waals surface area contributed by atoms with Crippen LogP contribution in [0, 0.1) is 5.92 Å². The van der Waals surface area contributed by atoms with Crippen LogP contribution in [-0.2, 0) is 11.2 Å². The number of amides is 1. The van der Waals surface area contributed by atoms with E-state index in [-0.39, 0.29) is 11.9 Å². The van der Waals surface area contributed by atoms with Gasteiger partial charge in [-0.3, -0.25) is 9.78 Å². The SMILES string of the molecule is CCN(CCc1ccncc1)C(=O)[C@@H](N)CC(C)C. The molecule has 1 rings (SSSR count). The van der Waals surface area contributed by atoms with Gasteiger partial charge in [0, 0.05) is 25.5 Å². The minimum Gasteiger partial charge on any atom is -0.341 e.